The molecule has 1 saturated heterocycles. The zero-order valence-corrected chi connectivity index (χ0v) is 10.5. The molecular weight excluding hydrogens is 214 g/mol. The number of carbonyl (C=O) groups is 1. The second-order valence-corrected chi connectivity index (χ2v) is 5.43. The Labute approximate surface area is 103 Å². The smallest absolute Gasteiger partial charge is 0.240 e. The summed E-state index contributed by atoms with van der Waals surface area (Å²) in [7, 11) is 0. The van der Waals surface area contributed by atoms with Gasteiger partial charge in [0.15, 0.2) is 0 Å². The molecule has 0 bridgehead atoms. The minimum absolute atomic E-state index is 0.0575. The van der Waals surface area contributed by atoms with Gasteiger partial charge in [-0.05, 0) is 52.1 Å². The second kappa shape index (κ2) is 5.05. The van der Waals surface area contributed by atoms with Crippen LogP contribution in [0, 0.1) is 16.7 Å². The summed E-state index contributed by atoms with van der Waals surface area (Å²) in [4.78, 5) is 14.4. The van der Waals surface area contributed by atoms with E-state index in [1.54, 1.807) is 0 Å². The fraction of sp³-hybridized carbons (Fsp3) is 0.846. The topological polar surface area (TPSA) is 56.1 Å². The van der Waals surface area contributed by atoms with Gasteiger partial charge in [-0.3, -0.25) is 4.79 Å². The van der Waals surface area contributed by atoms with Crippen LogP contribution in [0.25, 0.3) is 0 Å². The molecule has 1 aliphatic heterocycles. The fourth-order valence-corrected chi connectivity index (χ4v) is 2.68. The van der Waals surface area contributed by atoms with Crippen molar-refractivity contribution in [3.63, 3.8) is 0 Å². The van der Waals surface area contributed by atoms with Crippen molar-refractivity contribution in [1.29, 1.82) is 5.26 Å². The summed E-state index contributed by atoms with van der Waals surface area (Å²) in [5.41, 5.74) is -0.709. The molecule has 0 aromatic rings. The van der Waals surface area contributed by atoms with Crippen molar-refractivity contribution < 1.29 is 4.79 Å². The molecule has 1 aliphatic carbocycles. The Bertz CT molecular complexity index is 324. The molecule has 2 aliphatic rings. The highest BCUT2D eigenvalue weighted by Crippen LogP contribution is 2.40. The SMILES string of the molecule is CC(CN1CCCC1)NC(=O)C1(C#N)CCC1. The summed E-state index contributed by atoms with van der Waals surface area (Å²) < 4.78 is 0. The van der Waals surface area contributed by atoms with Gasteiger partial charge in [-0.2, -0.15) is 5.26 Å². The first-order valence-corrected chi connectivity index (χ1v) is 6.61. The Morgan fingerprint density at radius 2 is 2.06 bits per heavy atom. The van der Waals surface area contributed by atoms with Gasteiger partial charge in [-0.25, -0.2) is 0 Å². The lowest BCUT2D eigenvalue weighted by molar-refractivity contribution is -0.132. The Balaban J connectivity index is 1.79. The van der Waals surface area contributed by atoms with Crippen LogP contribution < -0.4 is 5.32 Å². The van der Waals surface area contributed by atoms with E-state index in [9.17, 15) is 4.79 Å². The number of amides is 1. The van der Waals surface area contributed by atoms with Crippen LogP contribution in [0.4, 0.5) is 0 Å². The van der Waals surface area contributed by atoms with Crippen molar-refractivity contribution in [2.24, 2.45) is 5.41 Å². The molecule has 4 heteroatoms. The number of hydrogen-bond acceptors (Lipinski definition) is 3. The summed E-state index contributed by atoms with van der Waals surface area (Å²) in [6.45, 7) is 5.22. The lowest BCUT2D eigenvalue weighted by atomic mass is 9.69. The number of carbonyl (C=O) groups excluding carboxylic acids is 1. The van der Waals surface area contributed by atoms with Crippen molar-refractivity contribution in [2.75, 3.05) is 19.6 Å². The molecule has 0 spiro atoms. The predicted molar refractivity (Wildman–Crippen MR) is 65.2 cm³/mol. The van der Waals surface area contributed by atoms with Crippen molar-refractivity contribution in [3.05, 3.63) is 0 Å². The molecule has 1 N–H and O–H groups in total. The number of nitriles is 1. The maximum absolute atomic E-state index is 12.0. The van der Waals surface area contributed by atoms with Crippen molar-refractivity contribution in [1.82, 2.24) is 10.2 Å². The molecule has 0 radical (unpaired) electrons. The average Bonchev–Trinajstić information content (AvgIpc) is 2.69. The minimum atomic E-state index is -0.709. The zero-order chi connectivity index (χ0) is 12.3. The van der Waals surface area contributed by atoms with E-state index in [4.69, 9.17) is 5.26 Å². The summed E-state index contributed by atoms with van der Waals surface area (Å²) in [5.74, 6) is -0.0575. The first kappa shape index (κ1) is 12.4. The van der Waals surface area contributed by atoms with E-state index < -0.39 is 5.41 Å². The monoisotopic (exact) mass is 235 g/mol. The average molecular weight is 235 g/mol. The maximum Gasteiger partial charge on any atom is 0.240 e. The van der Waals surface area contributed by atoms with Gasteiger partial charge in [0.05, 0.1) is 6.07 Å². The van der Waals surface area contributed by atoms with Gasteiger partial charge in [-0.1, -0.05) is 0 Å². The number of rotatable bonds is 4. The van der Waals surface area contributed by atoms with Crippen molar-refractivity contribution in [3.8, 4) is 6.07 Å². The minimum Gasteiger partial charge on any atom is -0.351 e. The highest BCUT2D eigenvalue weighted by Gasteiger charge is 2.44. The van der Waals surface area contributed by atoms with Gasteiger partial charge in [-0.15, -0.1) is 0 Å². The molecule has 2 fully saturated rings. The summed E-state index contributed by atoms with van der Waals surface area (Å²) >= 11 is 0. The Kier molecular flexibility index (Phi) is 3.68. The zero-order valence-electron chi connectivity index (χ0n) is 10.5. The number of nitrogens with one attached hydrogen (secondary N) is 1. The first-order chi connectivity index (χ1) is 8.16. The molecular formula is C13H21N3O. The predicted octanol–water partition coefficient (Wildman–Crippen LogP) is 1.28. The third-order valence-corrected chi connectivity index (χ3v) is 3.96. The highest BCUT2D eigenvalue weighted by atomic mass is 16.2. The number of nitrogens with zero attached hydrogens (tertiary/aromatic N) is 2. The number of likely N-dealkylation sites (tertiary alicyclic amines) is 1. The van der Waals surface area contributed by atoms with Gasteiger partial charge in [0, 0.05) is 12.6 Å². The third-order valence-electron chi connectivity index (χ3n) is 3.96. The molecule has 1 amide bonds. The largest absolute Gasteiger partial charge is 0.351 e. The van der Waals surface area contributed by atoms with Crippen LogP contribution in [0.3, 0.4) is 0 Å². The summed E-state index contributed by atoms with van der Waals surface area (Å²) in [6, 6.07) is 2.33. The first-order valence-electron chi connectivity index (χ1n) is 6.61. The maximum atomic E-state index is 12.0. The molecule has 4 nitrogen and oxygen atoms in total. The molecule has 94 valence electrons. The van der Waals surface area contributed by atoms with E-state index in [1.807, 2.05) is 6.92 Å². The second-order valence-electron chi connectivity index (χ2n) is 5.43. The third kappa shape index (κ3) is 2.61. The molecule has 1 heterocycles. The van der Waals surface area contributed by atoms with E-state index in [-0.39, 0.29) is 11.9 Å². The van der Waals surface area contributed by atoms with Gasteiger partial charge in [0.1, 0.15) is 5.41 Å². The van der Waals surface area contributed by atoms with Crippen molar-refractivity contribution in [2.45, 2.75) is 45.1 Å². The quantitative estimate of drug-likeness (QED) is 0.798. The fourth-order valence-electron chi connectivity index (χ4n) is 2.68. The lowest BCUT2D eigenvalue weighted by Crippen LogP contribution is -2.50. The van der Waals surface area contributed by atoms with E-state index >= 15 is 0 Å². The van der Waals surface area contributed by atoms with Crippen LogP contribution in [0.2, 0.25) is 0 Å². The van der Waals surface area contributed by atoms with Crippen LogP contribution in [0.1, 0.15) is 39.0 Å². The normalized spacial score (nSPS) is 24.7. The van der Waals surface area contributed by atoms with Gasteiger partial charge in [0.2, 0.25) is 5.91 Å². The lowest BCUT2D eigenvalue weighted by Gasteiger charge is -2.35. The molecule has 17 heavy (non-hydrogen) atoms. The Morgan fingerprint density at radius 3 is 2.53 bits per heavy atom. The number of hydrogen-bond donors (Lipinski definition) is 1. The van der Waals surface area contributed by atoms with Crippen LogP contribution >= 0.6 is 0 Å². The van der Waals surface area contributed by atoms with Gasteiger partial charge in [0.25, 0.3) is 0 Å². The summed E-state index contributed by atoms with van der Waals surface area (Å²) in [5, 5.41) is 12.1. The molecule has 1 saturated carbocycles. The Morgan fingerprint density at radius 1 is 1.41 bits per heavy atom. The molecule has 2 rings (SSSR count). The highest BCUT2D eigenvalue weighted by molar-refractivity contribution is 5.86. The Hall–Kier alpha value is -1.08. The van der Waals surface area contributed by atoms with Gasteiger partial charge >= 0.3 is 0 Å². The molecule has 1 unspecified atom stereocenters. The van der Waals surface area contributed by atoms with E-state index in [1.165, 1.54) is 12.8 Å². The molecule has 0 aromatic heterocycles. The summed E-state index contributed by atoms with van der Waals surface area (Å²) in [6.07, 6.45) is 4.99. The van der Waals surface area contributed by atoms with Crippen LogP contribution in [0.5, 0.6) is 0 Å². The van der Waals surface area contributed by atoms with Crippen LogP contribution in [-0.4, -0.2) is 36.5 Å². The van der Waals surface area contributed by atoms with Crippen LogP contribution in [-0.2, 0) is 4.79 Å². The standard InChI is InChI=1S/C13H21N3O/c1-11(9-16-7-2-3-8-16)15-12(17)13(10-14)5-4-6-13/h11H,2-9H2,1H3,(H,15,17). The van der Waals surface area contributed by atoms with Crippen LogP contribution in [0.15, 0.2) is 0 Å². The van der Waals surface area contributed by atoms with Crippen molar-refractivity contribution >= 4 is 5.91 Å². The van der Waals surface area contributed by atoms with Gasteiger partial charge < -0.3 is 10.2 Å². The van der Waals surface area contributed by atoms with E-state index in [2.05, 4.69) is 16.3 Å². The molecule has 1 atom stereocenters. The molecule has 0 aromatic carbocycles. The van der Waals surface area contributed by atoms with E-state index in [0.717, 1.165) is 38.9 Å². The van der Waals surface area contributed by atoms with E-state index in [0.29, 0.717) is 0 Å².